The predicted molar refractivity (Wildman–Crippen MR) is 131 cm³/mol. The summed E-state index contributed by atoms with van der Waals surface area (Å²) in [7, 11) is 0. The SMILES string of the molecule is Cc1cc(Nc2cc(C)[nH]n2)nc(-c2ccc(N3CC4CC(C3)N4Cc3cncc(F)c3)nc2)n1. The predicted octanol–water partition coefficient (Wildman–Crippen LogP) is 3.62. The molecule has 4 aromatic rings. The number of rotatable bonds is 6. The molecule has 178 valence electrons. The number of aromatic amines is 1. The molecule has 2 unspecified atom stereocenters. The molecule has 0 saturated carbocycles. The molecule has 0 aliphatic carbocycles. The van der Waals surface area contributed by atoms with Gasteiger partial charge in [-0.15, -0.1) is 0 Å². The summed E-state index contributed by atoms with van der Waals surface area (Å²) >= 11 is 0. The van der Waals surface area contributed by atoms with Crippen LogP contribution in [0, 0.1) is 19.7 Å². The number of piperazine rings is 1. The van der Waals surface area contributed by atoms with Crippen LogP contribution < -0.4 is 10.2 Å². The second-order valence-corrected chi connectivity index (χ2v) is 9.32. The molecule has 9 nitrogen and oxygen atoms in total. The molecule has 3 saturated heterocycles. The van der Waals surface area contributed by atoms with Crippen LogP contribution in [0.1, 0.15) is 23.4 Å². The Kier molecular flexibility index (Phi) is 5.37. The highest BCUT2D eigenvalue weighted by molar-refractivity contribution is 5.61. The number of halogens is 1. The van der Waals surface area contributed by atoms with E-state index in [0.29, 0.717) is 29.5 Å². The van der Waals surface area contributed by atoms with E-state index in [1.807, 2.05) is 44.3 Å². The van der Waals surface area contributed by atoms with E-state index in [1.54, 1.807) is 12.3 Å². The summed E-state index contributed by atoms with van der Waals surface area (Å²) in [4.78, 5) is 22.7. The summed E-state index contributed by atoms with van der Waals surface area (Å²) in [6.07, 6.45) is 6.00. The highest BCUT2D eigenvalue weighted by atomic mass is 19.1. The average Bonchev–Trinajstić information content (AvgIpc) is 3.26. The van der Waals surface area contributed by atoms with Crippen LogP contribution in [0.15, 0.2) is 48.9 Å². The number of fused-ring (bicyclic) bond motifs is 2. The van der Waals surface area contributed by atoms with Gasteiger partial charge < -0.3 is 10.2 Å². The van der Waals surface area contributed by atoms with Crippen LogP contribution >= 0.6 is 0 Å². The first kappa shape index (κ1) is 21.6. The van der Waals surface area contributed by atoms with E-state index in [-0.39, 0.29) is 5.82 Å². The van der Waals surface area contributed by atoms with Gasteiger partial charge >= 0.3 is 0 Å². The Bertz CT molecular complexity index is 1340. The Labute approximate surface area is 202 Å². The lowest BCUT2D eigenvalue weighted by atomic mass is 9.87. The molecule has 35 heavy (non-hydrogen) atoms. The Morgan fingerprint density at radius 3 is 2.60 bits per heavy atom. The molecule has 2 N–H and O–H groups in total. The number of H-pyrrole nitrogens is 1. The van der Waals surface area contributed by atoms with Crippen LogP contribution in [0.2, 0.25) is 0 Å². The second kappa shape index (κ2) is 8.70. The van der Waals surface area contributed by atoms with Crippen molar-refractivity contribution < 1.29 is 4.39 Å². The fraction of sp³-hybridized carbons (Fsp3) is 0.320. The zero-order chi connectivity index (χ0) is 23.9. The van der Waals surface area contributed by atoms with Crippen molar-refractivity contribution in [2.45, 2.75) is 38.9 Å². The van der Waals surface area contributed by atoms with Crippen molar-refractivity contribution in [1.29, 1.82) is 0 Å². The first-order chi connectivity index (χ1) is 17.0. The molecule has 3 aliphatic heterocycles. The molecule has 2 atom stereocenters. The van der Waals surface area contributed by atoms with Gasteiger partial charge in [-0.1, -0.05) is 0 Å². The third-order valence-corrected chi connectivity index (χ3v) is 6.62. The van der Waals surface area contributed by atoms with E-state index in [2.05, 4.69) is 40.3 Å². The minimum Gasteiger partial charge on any atom is -0.353 e. The van der Waals surface area contributed by atoms with Crippen molar-refractivity contribution in [3.8, 4) is 11.4 Å². The van der Waals surface area contributed by atoms with E-state index in [4.69, 9.17) is 4.98 Å². The molecule has 7 heterocycles. The maximum Gasteiger partial charge on any atom is 0.163 e. The first-order valence-corrected chi connectivity index (χ1v) is 11.7. The first-order valence-electron chi connectivity index (χ1n) is 11.7. The van der Waals surface area contributed by atoms with Gasteiger partial charge in [0.1, 0.15) is 17.5 Å². The van der Waals surface area contributed by atoms with Crippen molar-refractivity contribution in [1.82, 2.24) is 35.0 Å². The molecule has 7 rings (SSSR count). The molecule has 3 aliphatic rings. The highest BCUT2D eigenvalue weighted by Gasteiger charge is 2.44. The maximum absolute atomic E-state index is 13.5. The number of nitrogens with zero attached hydrogens (tertiary/aromatic N) is 7. The fourth-order valence-corrected chi connectivity index (χ4v) is 4.97. The van der Waals surface area contributed by atoms with Gasteiger partial charge in [0, 0.05) is 73.2 Å². The summed E-state index contributed by atoms with van der Waals surface area (Å²) in [6.45, 7) is 6.44. The van der Waals surface area contributed by atoms with Gasteiger partial charge in [0.2, 0.25) is 0 Å². The quantitative estimate of drug-likeness (QED) is 0.440. The number of hydrogen-bond donors (Lipinski definition) is 2. The van der Waals surface area contributed by atoms with Crippen molar-refractivity contribution in [2.75, 3.05) is 23.3 Å². The molecule has 3 fully saturated rings. The largest absolute Gasteiger partial charge is 0.353 e. The van der Waals surface area contributed by atoms with E-state index in [1.165, 1.54) is 12.6 Å². The number of hydrogen-bond acceptors (Lipinski definition) is 8. The Morgan fingerprint density at radius 2 is 1.89 bits per heavy atom. The minimum absolute atomic E-state index is 0.282. The molecular weight excluding hydrogens is 445 g/mol. The smallest absolute Gasteiger partial charge is 0.163 e. The topological polar surface area (TPSA) is 98.8 Å². The Hall–Kier alpha value is -3.92. The Morgan fingerprint density at radius 1 is 1.03 bits per heavy atom. The van der Waals surface area contributed by atoms with Crippen LogP contribution in [0.25, 0.3) is 11.4 Å². The summed E-state index contributed by atoms with van der Waals surface area (Å²) in [5.74, 6) is 2.69. The molecule has 0 spiro atoms. The maximum atomic E-state index is 13.5. The normalized spacial score (nSPS) is 19.5. The van der Waals surface area contributed by atoms with Crippen LogP contribution in [0.4, 0.5) is 21.8 Å². The van der Waals surface area contributed by atoms with Crippen LogP contribution in [-0.2, 0) is 6.54 Å². The number of anilines is 3. The number of aromatic nitrogens is 6. The van der Waals surface area contributed by atoms with E-state index < -0.39 is 0 Å². The fourth-order valence-electron chi connectivity index (χ4n) is 4.97. The lowest BCUT2D eigenvalue weighted by Gasteiger charge is -2.56. The monoisotopic (exact) mass is 471 g/mol. The van der Waals surface area contributed by atoms with Gasteiger partial charge in [-0.25, -0.2) is 19.3 Å². The van der Waals surface area contributed by atoms with E-state index >= 15 is 0 Å². The number of piperidine rings is 1. The van der Waals surface area contributed by atoms with E-state index in [0.717, 1.165) is 48.0 Å². The molecule has 0 amide bonds. The molecule has 2 bridgehead atoms. The minimum atomic E-state index is -0.282. The number of aryl methyl sites for hydroxylation is 2. The summed E-state index contributed by atoms with van der Waals surface area (Å²) in [6, 6.07) is 10.3. The lowest BCUT2D eigenvalue weighted by molar-refractivity contribution is -0.00882. The highest BCUT2D eigenvalue weighted by Crippen LogP contribution is 2.35. The van der Waals surface area contributed by atoms with Gasteiger partial charge in [-0.3, -0.25) is 15.0 Å². The third kappa shape index (κ3) is 4.44. The molecule has 10 heteroatoms. The third-order valence-electron chi connectivity index (χ3n) is 6.62. The van der Waals surface area contributed by atoms with Crippen LogP contribution in [-0.4, -0.2) is 60.2 Å². The van der Waals surface area contributed by atoms with Gasteiger partial charge in [0.25, 0.3) is 0 Å². The van der Waals surface area contributed by atoms with Gasteiger partial charge in [-0.05, 0) is 44.0 Å². The van der Waals surface area contributed by atoms with E-state index in [9.17, 15) is 4.39 Å². The zero-order valence-electron chi connectivity index (χ0n) is 19.6. The molecular formula is C25H26FN9. The summed E-state index contributed by atoms with van der Waals surface area (Å²) in [5.41, 5.74) is 3.62. The van der Waals surface area contributed by atoms with Crippen LogP contribution in [0.3, 0.4) is 0 Å². The molecule has 0 radical (unpaired) electrons. The molecule has 4 aromatic heterocycles. The van der Waals surface area contributed by atoms with Gasteiger partial charge in [-0.2, -0.15) is 5.10 Å². The zero-order valence-corrected chi connectivity index (χ0v) is 19.6. The average molecular weight is 472 g/mol. The molecule has 0 aromatic carbocycles. The van der Waals surface area contributed by atoms with Crippen LogP contribution in [0.5, 0.6) is 0 Å². The summed E-state index contributed by atoms with van der Waals surface area (Å²) < 4.78 is 13.5. The van der Waals surface area contributed by atoms with Gasteiger partial charge in [0.05, 0.1) is 6.20 Å². The summed E-state index contributed by atoms with van der Waals surface area (Å²) in [5, 5.41) is 10.4. The number of nitrogens with one attached hydrogen (secondary N) is 2. The Balaban J connectivity index is 1.13. The number of pyridine rings is 2. The van der Waals surface area contributed by atoms with Crippen molar-refractivity contribution >= 4 is 17.5 Å². The van der Waals surface area contributed by atoms with Crippen molar-refractivity contribution in [3.05, 3.63) is 71.7 Å². The van der Waals surface area contributed by atoms with Gasteiger partial charge in [0.15, 0.2) is 11.6 Å². The lowest BCUT2D eigenvalue weighted by Crippen LogP contribution is -2.68. The van der Waals surface area contributed by atoms with Crippen molar-refractivity contribution in [3.63, 3.8) is 0 Å². The van der Waals surface area contributed by atoms with Crippen molar-refractivity contribution in [2.24, 2.45) is 0 Å². The second-order valence-electron chi connectivity index (χ2n) is 9.32. The standard InChI is InChI=1S/C25H26FN9/c1-15-5-22(30-23-6-16(2)32-33-23)31-25(29-15)18-3-4-24(28-10-18)34-13-20-8-21(14-34)35(20)12-17-7-19(26)11-27-9-17/h3-7,9-11,20-21H,8,12-14H2,1-2H3,(H2,29,30,31,32,33).